The molecule has 0 radical (unpaired) electrons. The third-order valence-electron chi connectivity index (χ3n) is 5.17. The van der Waals surface area contributed by atoms with E-state index in [4.69, 9.17) is 8.83 Å². The molecule has 3 aromatic heterocycles. The zero-order chi connectivity index (χ0) is 17.5. The first-order valence-electron chi connectivity index (χ1n) is 8.90. The largest absolute Gasteiger partial charge is 0.459 e. The Balaban J connectivity index is 1.31. The zero-order valence-electron chi connectivity index (χ0n) is 14.6. The van der Waals surface area contributed by atoms with Crippen molar-refractivity contribution in [3.63, 3.8) is 0 Å². The van der Waals surface area contributed by atoms with Gasteiger partial charge in [-0.15, -0.1) is 10.2 Å². The van der Waals surface area contributed by atoms with E-state index in [1.807, 2.05) is 12.1 Å². The summed E-state index contributed by atoms with van der Waals surface area (Å²) in [5, 5.41) is 9.70. The standard InChI is InChI=1S/C20H20N4O2/c1-23-11-15(16-5-2-3-6-17(16)23)13-24-9-8-14(12-24)19-21-22-20(26-19)18-7-4-10-25-18/h2-7,10-11,14H,8-9,12-13H2,1H3/t14-/m0/s1. The molecule has 0 amide bonds. The number of aromatic nitrogens is 3. The maximum atomic E-state index is 5.84. The van der Waals surface area contributed by atoms with Gasteiger partial charge in [-0.1, -0.05) is 18.2 Å². The van der Waals surface area contributed by atoms with Crippen molar-refractivity contribution in [3.05, 3.63) is 60.3 Å². The smallest absolute Gasteiger partial charge is 0.283 e. The minimum atomic E-state index is 0.279. The number of aryl methyl sites for hydroxylation is 1. The summed E-state index contributed by atoms with van der Waals surface area (Å²) in [6.45, 7) is 2.91. The molecule has 1 aromatic carbocycles. The van der Waals surface area contributed by atoms with Crippen LogP contribution >= 0.6 is 0 Å². The normalized spacial score (nSPS) is 18.1. The van der Waals surface area contributed by atoms with Crippen LogP contribution in [0.15, 0.2) is 57.7 Å². The van der Waals surface area contributed by atoms with Crippen LogP contribution in [-0.4, -0.2) is 32.8 Å². The van der Waals surface area contributed by atoms with E-state index >= 15 is 0 Å². The van der Waals surface area contributed by atoms with Crippen LogP contribution < -0.4 is 0 Å². The van der Waals surface area contributed by atoms with E-state index in [0.717, 1.165) is 26.1 Å². The van der Waals surface area contributed by atoms with Gasteiger partial charge in [-0.25, -0.2) is 0 Å². The van der Waals surface area contributed by atoms with E-state index in [1.165, 1.54) is 16.5 Å². The summed E-state index contributed by atoms with van der Waals surface area (Å²) in [4.78, 5) is 2.46. The van der Waals surface area contributed by atoms with Crippen LogP contribution in [0.4, 0.5) is 0 Å². The summed E-state index contributed by atoms with van der Waals surface area (Å²) in [6.07, 6.45) is 4.88. The molecule has 1 fully saturated rings. The average Bonchev–Trinajstić information content (AvgIpc) is 3.43. The lowest BCUT2D eigenvalue weighted by molar-refractivity contribution is 0.321. The maximum Gasteiger partial charge on any atom is 0.283 e. The molecule has 0 aliphatic carbocycles. The summed E-state index contributed by atoms with van der Waals surface area (Å²) in [7, 11) is 2.10. The first-order chi connectivity index (χ1) is 12.8. The van der Waals surface area contributed by atoms with Gasteiger partial charge >= 0.3 is 0 Å². The van der Waals surface area contributed by atoms with E-state index in [-0.39, 0.29) is 5.92 Å². The highest BCUT2D eigenvalue weighted by molar-refractivity contribution is 5.83. The lowest BCUT2D eigenvalue weighted by Crippen LogP contribution is -2.19. The summed E-state index contributed by atoms with van der Waals surface area (Å²) < 4.78 is 13.4. The zero-order valence-corrected chi connectivity index (χ0v) is 14.6. The molecule has 0 N–H and O–H groups in total. The Hall–Kier alpha value is -2.86. The lowest BCUT2D eigenvalue weighted by Gasteiger charge is -2.14. The van der Waals surface area contributed by atoms with Gasteiger partial charge in [-0.3, -0.25) is 4.90 Å². The van der Waals surface area contributed by atoms with Crippen molar-refractivity contribution >= 4 is 10.9 Å². The fourth-order valence-electron chi connectivity index (χ4n) is 3.87. The number of likely N-dealkylation sites (tertiary alicyclic amines) is 1. The van der Waals surface area contributed by atoms with Gasteiger partial charge < -0.3 is 13.4 Å². The summed E-state index contributed by atoms with van der Waals surface area (Å²) in [5.74, 6) is 2.06. The van der Waals surface area contributed by atoms with Gasteiger partial charge in [0.25, 0.3) is 5.89 Å². The highest BCUT2D eigenvalue weighted by atomic mass is 16.4. The number of para-hydroxylation sites is 1. The number of nitrogens with zero attached hydrogens (tertiary/aromatic N) is 4. The number of hydrogen-bond acceptors (Lipinski definition) is 5. The van der Waals surface area contributed by atoms with E-state index in [0.29, 0.717) is 17.5 Å². The van der Waals surface area contributed by atoms with Crippen LogP contribution in [0.1, 0.15) is 23.8 Å². The Morgan fingerprint density at radius 2 is 2.08 bits per heavy atom. The predicted molar refractivity (Wildman–Crippen MR) is 97.6 cm³/mol. The Kier molecular flexibility index (Phi) is 3.64. The Morgan fingerprint density at radius 1 is 1.15 bits per heavy atom. The third kappa shape index (κ3) is 2.63. The molecule has 132 valence electrons. The SMILES string of the molecule is Cn1cc(CN2CC[C@H](c3nnc(-c4ccco4)o3)C2)c2ccccc21. The van der Waals surface area contributed by atoms with Crippen molar-refractivity contribution in [3.8, 4) is 11.7 Å². The van der Waals surface area contributed by atoms with Crippen LogP contribution in [0.5, 0.6) is 0 Å². The average molecular weight is 348 g/mol. The molecule has 0 unspecified atom stereocenters. The van der Waals surface area contributed by atoms with Crippen LogP contribution in [0.25, 0.3) is 22.6 Å². The summed E-state index contributed by atoms with van der Waals surface area (Å²) in [5.41, 5.74) is 2.64. The maximum absolute atomic E-state index is 5.84. The van der Waals surface area contributed by atoms with Crippen molar-refractivity contribution in [2.45, 2.75) is 18.9 Å². The van der Waals surface area contributed by atoms with Gasteiger partial charge in [0.15, 0.2) is 5.76 Å². The van der Waals surface area contributed by atoms with Crippen LogP contribution in [-0.2, 0) is 13.6 Å². The van der Waals surface area contributed by atoms with Crippen molar-refractivity contribution in [2.75, 3.05) is 13.1 Å². The lowest BCUT2D eigenvalue weighted by atomic mass is 10.1. The predicted octanol–water partition coefficient (Wildman–Crippen LogP) is 3.81. The fraction of sp³-hybridized carbons (Fsp3) is 0.300. The van der Waals surface area contributed by atoms with Crippen molar-refractivity contribution in [2.24, 2.45) is 7.05 Å². The van der Waals surface area contributed by atoms with Gasteiger partial charge in [0.1, 0.15) is 0 Å². The van der Waals surface area contributed by atoms with Gasteiger partial charge in [-0.2, -0.15) is 0 Å². The van der Waals surface area contributed by atoms with Crippen molar-refractivity contribution < 1.29 is 8.83 Å². The van der Waals surface area contributed by atoms with Gasteiger partial charge in [0.05, 0.1) is 12.2 Å². The van der Waals surface area contributed by atoms with Crippen LogP contribution in [0.2, 0.25) is 0 Å². The molecule has 1 atom stereocenters. The number of furan rings is 1. The fourth-order valence-corrected chi connectivity index (χ4v) is 3.87. The number of benzene rings is 1. The minimum absolute atomic E-state index is 0.279. The van der Waals surface area contributed by atoms with Crippen LogP contribution in [0, 0.1) is 0 Å². The highest BCUT2D eigenvalue weighted by Gasteiger charge is 2.29. The van der Waals surface area contributed by atoms with Crippen molar-refractivity contribution in [1.82, 2.24) is 19.7 Å². The first-order valence-corrected chi connectivity index (χ1v) is 8.90. The topological polar surface area (TPSA) is 60.2 Å². The van der Waals surface area contributed by atoms with E-state index in [1.54, 1.807) is 6.26 Å². The molecular weight excluding hydrogens is 328 g/mol. The molecule has 0 bridgehead atoms. The molecular formula is C20H20N4O2. The van der Waals surface area contributed by atoms with Gasteiger partial charge in [0.2, 0.25) is 5.89 Å². The Morgan fingerprint density at radius 3 is 2.96 bits per heavy atom. The monoisotopic (exact) mass is 348 g/mol. The second-order valence-electron chi connectivity index (χ2n) is 6.93. The first kappa shape index (κ1) is 15.4. The molecule has 6 heteroatoms. The summed E-state index contributed by atoms with van der Waals surface area (Å²) in [6, 6.07) is 12.2. The molecule has 26 heavy (non-hydrogen) atoms. The third-order valence-corrected chi connectivity index (χ3v) is 5.17. The molecule has 4 aromatic rings. The molecule has 4 heterocycles. The molecule has 1 aliphatic rings. The minimum Gasteiger partial charge on any atom is -0.459 e. The Bertz CT molecular complexity index is 1030. The molecule has 0 spiro atoms. The van der Waals surface area contributed by atoms with E-state index in [2.05, 4.69) is 57.2 Å². The highest BCUT2D eigenvalue weighted by Crippen LogP contribution is 2.31. The number of hydrogen-bond donors (Lipinski definition) is 0. The second-order valence-corrected chi connectivity index (χ2v) is 6.93. The van der Waals surface area contributed by atoms with Crippen LogP contribution in [0.3, 0.4) is 0 Å². The number of fused-ring (bicyclic) bond motifs is 1. The van der Waals surface area contributed by atoms with Gasteiger partial charge in [-0.05, 0) is 36.7 Å². The van der Waals surface area contributed by atoms with Crippen molar-refractivity contribution in [1.29, 1.82) is 0 Å². The summed E-state index contributed by atoms with van der Waals surface area (Å²) >= 11 is 0. The van der Waals surface area contributed by atoms with E-state index < -0.39 is 0 Å². The van der Waals surface area contributed by atoms with Gasteiger partial charge in [0, 0.05) is 37.2 Å². The van der Waals surface area contributed by atoms with E-state index in [9.17, 15) is 0 Å². The molecule has 6 nitrogen and oxygen atoms in total. The Labute approximate surface area is 151 Å². The number of rotatable bonds is 4. The quantitative estimate of drug-likeness (QED) is 0.561. The second kappa shape index (κ2) is 6.14. The molecule has 5 rings (SSSR count). The molecule has 1 saturated heterocycles. The molecule has 1 aliphatic heterocycles. The molecule has 0 saturated carbocycles.